The predicted octanol–water partition coefficient (Wildman–Crippen LogP) is 3.43. The average Bonchev–Trinajstić information content (AvgIpc) is 3.36. The van der Waals surface area contributed by atoms with Gasteiger partial charge in [0.15, 0.2) is 21.2 Å². The van der Waals surface area contributed by atoms with Crippen molar-refractivity contribution in [1.29, 1.82) is 0 Å². The van der Waals surface area contributed by atoms with Crippen molar-refractivity contribution < 1.29 is 33.8 Å². The van der Waals surface area contributed by atoms with Crippen molar-refractivity contribution >= 4 is 58.2 Å². The molecule has 10 nitrogen and oxygen atoms in total. The Morgan fingerprint density at radius 1 is 0.932 bits per heavy atom. The van der Waals surface area contributed by atoms with Crippen LogP contribution in [0.5, 0.6) is 11.5 Å². The standard InChI is InChI=1S/C32H31Cl2N3O7/c1-35-29(41)31(33)16-22-20(26(32(31,34)30(35)42)17-3-10-23(38)24(15-17)43-2)8-9-21-25(22)28(40)37(27(21)39)19-6-4-18(5-7-19)36-11-13-44-14-12-36/h3-8,10,15,21-22,25-26,38H,9,11-14,16H2,1-2H3. The molecule has 3 heterocycles. The van der Waals surface area contributed by atoms with Crippen molar-refractivity contribution in [3.05, 3.63) is 59.7 Å². The lowest BCUT2D eigenvalue weighted by molar-refractivity contribution is -0.138. The predicted molar refractivity (Wildman–Crippen MR) is 162 cm³/mol. The highest BCUT2D eigenvalue weighted by Gasteiger charge is 2.75. The fourth-order valence-electron chi connectivity index (χ4n) is 7.88. The highest BCUT2D eigenvalue weighted by Crippen LogP contribution is 2.65. The summed E-state index contributed by atoms with van der Waals surface area (Å²) in [7, 11) is 2.75. The molecule has 0 aromatic heterocycles. The van der Waals surface area contributed by atoms with Crippen LogP contribution in [0.25, 0.3) is 0 Å². The van der Waals surface area contributed by atoms with Gasteiger partial charge in [0, 0.05) is 31.7 Å². The van der Waals surface area contributed by atoms with Gasteiger partial charge in [-0.05, 0) is 60.7 Å². The number of rotatable bonds is 4. The molecular formula is C32H31Cl2N3O7. The van der Waals surface area contributed by atoms with E-state index in [4.69, 9.17) is 32.7 Å². The van der Waals surface area contributed by atoms with Gasteiger partial charge in [0.25, 0.3) is 11.8 Å². The summed E-state index contributed by atoms with van der Waals surface area (Å²) in [5.74, 6) is -4.95. The number of carbonyl (C=O) groups excluding carboxylic acids is 4. The molecule has 44 heavy (non-hydrogen) atoms. The van der Waals surface area contributed by atoms with Gasteiger partial charge in [-0.25, -0.2) is 0 Å². The Bertz CT molecular complexity index is 1620. The van der Waals surface area contributed by atoms with E-state index in [2.05, 4.69) is 4.90 Å². The Morgan fingerprint density at radius 3 is 2.30 bits per heavy atom. The zero-order valence-corrected chi connectivity index (χ0v) is 25.7. The van der Waals surface area contributed by atoms with Crippen molar-refractivity contribution in [3.8, 4) is 11.5 Å². The maximum absolute atomic E-state index is 14.2. The SMILES string of the molecule is COc1cc(C2C3=CCC4C(=O)N(c5ccc(N6CCOCC6)cc5)C(=O)C4C3CC3(Cl)C(=O)N(C)C(=O)C23Cl)ccc1O. The van der Waals surface area contributed by atoms with E-state index in [0.29, 0.717) is 30.0 Å². The van der Waals surface area contributed by atoms with E-state index in [1.807, 2.05) is 18.2 Å². The minimum atomic E-state index is -1.90. The lowest BCUT2D eigenvalue weighted by Crippen LogP contribution is -2.60. The highest BCUT2D eigenvalue weighted by atomic mass is 35.5. The van der Waals surface area contributed by atoms with E-state index < -0.39 is 45.2 Å². The van der Waals surface area contributed by atoms with Gasteiger partial charge >= 0.3 is 0 Å². The summed E-state index contributed by atoms with van der Waals surface area (Å²) in [4.78, 5) is 56.0. The van der Waals surface area contributed by atoms with Crippen LogP contribution in [0, 0.1) is 17.8 Å². The normalized spacial score (nSPS) is 33.3. The maximum Gasteiger partial charge on any atom is 0.253 e. The third kappa shape index (κ3) is 3.83. The van der Waals surface area contributed by atoms with Crippen molar-refractivity contribution in [2.24, 2.45) is 17.8 Å². The number of likely N-dealkylation sites (tertiary alicyclic amines) is 1. The quantitative estimate of drug-likeness (QED) is 0.307. The maximum atomic E-state index is 14.2. The van der Waals surface area contributed by atoms with Gasteiger partial charge in [0.1, 0.15) is 0 Å². The van der Waals surface area contributed by atoms with Crippen molar-refractivity contribution in [1.82, 2.24) is 4.90 Å². The van der Waals surface area contributed by atoms with E-state index in [9.17, 15) is 24.3 Å². The molecule has 4 fully saturated rings. The minimum absolute atomic E-state index is 0.0888. The van der Waals surface area contributed by atoms with Gasteiger partial charge < -0.3 is 19.5 Å². The molecule has 6 atom stereocenters. The smallest absolute Gasteiger partial charge is 0.253 e. The number of phenols is 1. The number of nitrogens with zero attached hydrogens (tertiary/aromatic N) is 3. The molecule has 6 unspecified atom stereocenters. The van der Waals surface area contributed by atoms with Crippen molar-refractivity contribution in [3.63, 3.8) is 0 Å². The largest absolute Gasteiger partial charge is 0.504 e. The van der Waals surface area contributed by atoms with Gasteiger partial charge in [0.05, 0.1) is 37.8 Å². The average molecular weight is 641 g/mol. The second-order valence-electron chi connectivity index (χ2n) is 12.1. The summed E-state index contributed by atoms with van der Waals surface area (Å²) in [5.41, 5.74) is 2.63. The summed E-state index contributed by atoms with van der Waals surface area (Å²) in [6.45, 7) is 2.79. The number of alkyl halides is 2. The van der Waals surface area contributed by atoms with Gasteiger partial charge in [-0.15, -0.1) is 23.2 Å². The van der Waals surface area contributed by atoms with E-state index in [1.54, 1.807) is 24.3 Å². The first-order valence-corrected chi connectivity index (χ1v) is 15.4. The van der Waals surface area contributed by atoms with Crippen LogP contribution in [0.2, 0.25) is 0 Å². The number of aromatic hydroxyl groups is 1. The summed E-state index contributed by atoms with van der Waals surface area (Å²) in [6.07, 6.45) is 2.05. The van der Waals surface area contributed by atoms with Crippen molar-refractivity contribution in [2.75, 3.05) is 50.3 Å². The Balaban J connectivity index is 1.29. The molecule has 12 heteroatoms. The fourth-order valence-corrected chi connectivity index (χ4v) is 8.90. The molecular weight excluding hydrogens is 609 g/mol. The number of benzene rings is 2. The number of halogens is 2. The van der Waals surface area contributed by atoms with Gasteiger partial charge in [-0.3, -0.25) is 29.0 Å². The molecule has 0 spiro atoms. The molecule has 1 saturated carbocycles. The Morgan fingerprint density at radius 2 is 1.61 bits per heavy atom. The first-order valence-electron chi connectivity index (χ1n) is 14.6. The van der Waals surface area contributed by atoms with Gasteiger partial charge in [0.2, 0.25) is 11.8 Å². The second kappa shape index (κ2) is 10.2. The molecule has 5 aliphatic rings. The van der Waals surface area contributed by atoms with Crippen molar-refractivity contribution in [2.45, 2.75) is 28.5 Å². The molecule has 3 aliphatic heterocycles. The first-order chi connectivity index (χ1) is 21.0. The third-order valence-electron chi connectivity index (χ3n) is 10.0. The number of phenolic OH excluding ortho intramolecular Hbond substituents is 1. The van der Waals surface area contributed by atoms with Crippen LogP contribution in [0.1, 0.15) is 24.3 Å². The second-order valence-corrected chi connectivity index (χ2v) is 13.3. The number of fused-ring (bicyclic) bond motifs is 4. The topological polar surface area (TPSA) is 117 Å². The van der Waals surface area contributed by atoms with Gasteiger partial charge in [-0.1, -0.05) is 17.7 Å². The Hall–Kier alpha value is -3.60. The third-order valence-corrected chi connectivity index (χ3v) is 11.4. The lowest BCUT2D eigenvalue weighted by Gasteiger charge is -2.50. The number of hydrogen-bond donors (Lipinski definition) is 1. The monoisotopic (exact) mass is 639 g/mol. The molecule has 4 amide bonds. The Labute approximate surface area is 264 Å². The molecule has 3 saturated heterocycles. The van der Waals surface area contributed by atoms with Crippen LogP contribution < -0.4 is 14.5 Å². The summed E-state index contributed by atoms with van der Waals surface area (Å²) < 4.78 is 10.8. The molecule has 1 N–H and O–H groups in total. The minimum Gasteiger partial charge on any atom is -0.504 e. The zero-order chi connectivity index (χ0) is 31.1. The van der Waals surface area contributed by atoms with E-state index in [-0.39, 0.29) is 36.2 Å². The fraction of sp³-hybridized carbons (Fsp3) is 0.438. The van der Waals surface area contributed by atoms with E-state index in [1.165, 1.54) is 25.1 Å². The Kier molecular flexibility index (Phi) is 6.77. The molecule has 2 aromatic carbocycles. The summed E-state index contributed by atoms with van der Waals surface area (Å²) in [5, 5.41) is 10.3. The number of allylic oxidation sites excluding steroid dienone is 2. The molecule has 7 rings (SSSR count). The molecule has 0 bridgehead atoms. The number of imide groups is 2. The number of amides is 4. The van der Waals surface area contributed by atoms with Crippen LogP contribution in [0.3, 0.4) is 0 Å². The van der Waals surface area contributed by atoms with Crippen LogP contribution in [-0.2, 0) is 23.9 Å². The van der Waals surface area contributed by atoms with E-state index in [0.717, 1.165) is 23.7 Å². The number of morpholine rings is 1. The zero-order valence-electron chi connectivity index (χ0n) is 24.2. The summed E-state index contributed by atoms with van der Waals surface area (Å²) >= 11 is 14.4. The van der Waals surface area contributed by atoms with Crippen LogP contribution >= 0.6 is 23.2 Å². The number of methoxy groups -OCH3 is 1. The van der Waals surface area contributed by atoms with Crippen LogP contribution in [-0.4, -0.2) is 83.8 Å². The molecule has 2 aromatic rings. The van der Waals surface area contributed by atoms with Crippen LogP contribution in [0.15, 0.2) is 54.1 Å². The van der Waals surface area contributed by atoms with Crippen LogP contribution in [0.4, 0.5) is 11.4 Å². The first kappa shape index (κ1) is 29.1. The highest BCUT2D eigenvalue weighted by molar-refractivity contribution is 6.53. The molecule has 2 aliphatic carbocycles. The lowest BCUT2D eigenvalue weighted by atomic mass is 9.56. The number of hydrogen-bond acceptors (Lipinski definition) is 8. The molecule has 230 valence electrons. The number of anilines is 2. The number of carbonyl (C=O) groups is 4. The van der Waals surface area contributed by atoms with Gasteiger partial charge in [-0.2, -0.15) is 0 Å². The number of ether oxygens (including phenoxy) is 2. The molecule has 0 radical (unpaired) electrons. The van der Waals surface area contributed by atoms with E-state index >= 15 is 0 Å². The summed E-state index contributed by atoms with van der Waals surface area (Å²) in [6, 6.07) is 12.0.